The summed E-state index contributed by atoms with van der Waals surface area (Å²) < 4.78 is 0. The SMILES string of the molecule is O=c1ncc2ccccc2cn1. The van der Waals surface area contributed by atoms with E-state index >= 15 is 0 Å². The highest BCUT2D eigenvalue weighted by molar-refractivity contribution is 5.79. The Kier molecular flexibility index (Phi) is 1.55. The van der Waals surface area contributed by atoms with Crippen LogP contribution in [0.4, 0.5) is 0 Å². The Balaban J connectivity index is 2.94. The van der Waals surface area contributed by atoms with Crippen molar-refractivity contribution in [2.45, 2.75) is 0 Å². The molecule has 3 nitrogen and oxygen atoms in total. The van der Waals surface area contributed by atoms with Gasteiger partial charge in [-0.2, -0.15) is 9.97 Å². The minimum atomic E-state index is -0.453. The van der Waals surface area contributed by atoms with Crippen LogP contribution in [0.25, 0.3) is 10.8 Å². The van der Waals surface area contributed by atoms with Crippen LogP contribution in [-0.2, 0) is 0 Å². The van der Waals surface area contributed by atoms with Crippen LogP contribution in [0.15, 0.2) is 41.5 Å². The smallest absolute Gasteiger partial charge is 0.244 e. The maximum absolute atomic E-state index is 10.8. The van der Waals surface area contributed by atoms with E-state index in [2.05, 4.69) is 9.97 Å². The number of hydrogen-bond donors (Lipinski definition) is 0. The van der Waals surface area contributed by atoms with Gasteiger partial charge in [-0.3, -0.25) is 0 Å². The Morgan fingerprint density at radius 2 is 1.42 bits per heavy atom. The lowest BCUT2D eigenvalue weighted by Gasteiger charge is -1.85. The quantitative estimate of drug-likeness (QED) is 0.574. The molecule has 0 aliphatic carbocycles. The van der Waals surface area contributed by atoms with Crippen molar-refractivity contribution in [1.29, 1.82) is 0 Å². The molecule has 0 amide bonds. The second kappa shape index (κ2) is 2.70. The Labute approximate surface area is 68.7 Å². The Morgan fingerprint density at radius 3 is 1.92 bits per heavy atom. The largest absolute Gasteiger partial charge is 0.366 e. The molecule has 0 fully saturated rings. The molecule has 2 rings (SSSR count). The average molecular weight is 158 g/mol. The Bertz CT molecular complexity index is 426. The second-order valence-electron chi connectivity index (χ2n) is 2.43. The van der Waals surface area contributed by atoms with E-state index < -0.39 is 5.69 Å². The molecular weight excluding hydrogens is 152 g/mol. The van der Waals surface area contributed by atoms with E-state index in [1.165, 1.54) is 12.4 Å². The zero-order valence-electron chi connectivity index (χ0n) is 6.27. The Morgan fingerprint density at radius 1 is 0.917 bits per heavy atom. The van der Waals surface area contributed by atoms with Gasteiger partial charge in [0.25, 0.3) is 0 Å². The minimum absolute atomic E-state index is 0.453. The van der Waals surface area contributed by atoms with Crippen molar-refractivity contribution in [3.63, 3.8) is 0 Å². The topological polar surface area (TPSA) is 42.9 Å². The van der Waals surface area contributed by atoms with Crippen molar-refractivity contribution in [2.24, 2.45) is 0 Å². The van der Waals surface area contributed by atoms with Crippen molar-refractivity contribution < 1.29 is 0 Å². The fraction of sp³-hybridized carbons (Fsp3) is 0. The van der Waals surface area contributed by atoms with Gasteiger partial charge in [-0.15, -0.1) is 0 Å². The van der Waals surface area contributed by atoms with Gasteiger partial charge >= 0.3 is 5.69 Å². The third-order valence-electron chi connectivity index (χ3n) is 1.62. The van der Waals surface area contributed by atoms with Crippen LogP contribution in [0.3, 0.4) is 0 Å². The van der Waals surface area contributed by atoms with Gasteiger partial charge in [0.2, 0.25) is 0 Å². The molecule has 0 saturated heterocycles. The van der Waals surface area contributed by atoms with Gasteiger partial charge in [-0.1, -0.05) is 24.3 Å². The molecule has 1 aromatic heterocycles. The van der Waals surface area contributed by atoms with Crippen molar-refractivity contribution in [3.05, 3.63) is 47.1 Å². The molecule has 0 aliphatic rings. The Hall–Kier alpha value is -1.77. The highest BCUT2D eigenvalue weighted by atomic mass is 16.1. The van der Waals surface area contributed by atoms with Gasteiger partial charge < -0.3 is 0 Å². The van der Waals surface area contributed by atoms with Gasteiger partial charge in [0.05, 0.1) is 0 Å². The monoisotopic (exact) mass is 158 g/mol. The number of aromatic nitrogens is 2. The van der Waals surface area contributed by atoms with Gasteiger partial charge in [0.1, 0.15) is 0 Å². The summed E-state index contributed by atoms with van der Waals surface area (Å²) in [7, 11) is 0. The summed E-state index contributed by atoms with van der Waals surface area (Å²) in [6, 6.07) is 7.58. The number of benzene rings is 1. The van der Waals surface area contributed by atoms with Crippen LogP contribution in [-0.4, -0.2) is 9.97 Å². The average Bonchev–Trinajstić information content (AvgIpc) is 2.29. The normalized spacial score (nSPS) is 10.0. The van der Waals surface area contributed by atoms with Crippen LogP contribution in [0.1, 0.15) is 0 Å². The molecule has 0 atom stereocenters. The zero-order chi connectivity index (χ0) is 8.39. The van der Waals surface area contributed by atoms with E-state index in [-0.39, 0.29) is 0 Å². The molecule has 0 aliphatic heterocycles. The third-order valence-corrected chi connectivity index (χ3v) is 1.62. The lowest BCUT2D eigenvalue weighted by molar-refractivity contribution is 1.12. The fourth-order valence-corrected chi connectivity index (χ4v) is 1.03. The maximum atomic E-state index is 10.8. The van der Waals surface area contributed by atoms with E-state index in [9.17, 15) is 4.79 Å². The van der Waals surface area contributed by atoms with Crippen molar-refractivity contribution in [3.8, 4) is 0 Å². The molecule has 0 spiro atoms. The predicted octanol–water partition coefficient (Wildman–Crippen LogP) is 0.990. The van der Waals surface area contributed by atoms with Crippen LogP contribution in [0, 0.1) is 0 Å². The minimum Gasteiger partial charge on any atom is -0.244 e. The first-order chi connectivity index (χ1) is 5.86. The molecule has 1 heterocycles. The van der Waals surface area contributed by atoms with Gasteiger partial charge in [-0.25, -0.2) is 4.79 Å². The molecule has 12 heavy (non-hydrogen) atoms. The summed E-state index contributed by atoms with van der Waals surface area (Å²) in [6.45, 7) is 0. The maximum Gasteiger partial charge on any atom is 0.366 e. The standard InChI is InChI=1S/C9H6N2O/c12-9-10-5-7-3-1-2-4-8(7)6-11-9/h1-6H. The zero-order valence-corrected chi connectivity index (χ0v) is 6.27. The van der Waals surface area contributed by atoms with Crippen LogP contribution in [0.5, 0.6) is 0 Å². The first-order valence-electron chi connectivity index (χ1n) is 3.57. The van der Waals surface area contributed by atoms with E-state index in [0.29, 0.717) is 0 Å². The molecule has 3 heteroatoms. The van der Waals surface area contributed by atoms with Crippen molar-refractivity contribution in [2.75, 3.05) is 0 Å². The van der Waals surface area contributed by atoms with Gasteiger partial charge in [-0.05, 0) is 0 Å². The van der Waals surface area contributed by atoms with E-state index in [1.54, 1.807) is 0 Å². The molecule has 0 unspecified atom stereocenters. The molecule has 58 valence electrons. The number of hydrogen-bond acceptors (Lipinski definition) is 3. The van der Waals surface area contributed by atoms with E-state index in [1.807, 2.05) is 24.3 Å². The summed E-state index contributed by atoms with van der Waals surface area (Å²) in [5, 5.41) is 1.85. The van der Waals surface area contributed by atoms with E-state index in [0.717, 1.165) is 10.8 Å². The van der Waals surface area contributed by atoms with Crippen LogP contribution < -0.4 is 5.69 Å². The molecule has 0 saturated carbocycles. The molecule has 1 aromatic carbocycles. The molecule has 0 radical (unpaired) electrons. The first-order valence-corrected chi connectivity index (χ1v) is 3.57. The lowest BCUT2D eigenvalue weighted by atomic mass is 10.2. The van der Waals surface area contributed by atoms with E-state index in [4.69, 9.17) is 0 Å². The molecule has 0 bridgehead atoms. The second-order valence-corrected chi connectivity index (χ2v) is 2.43. The molecule has 0 N–H and O–H groups in total. The first kappa shape index (κ1) is 6.91. The third kappa shape index (κ3) is 1.16. The number of rotatable bonds is 0. The number of nitrogens with zero attached hydrogens (tertiary/aromatic N) is 2. The highest BCUT2D eigenvalue weighted by Gasteiger charge is 1.88. The summed E-state index contributed by atoms with van der Waals surface area (Å²) >= 11 is 0. The summed E-state index contributed by atoms with van der Waals surface area (Å²) in [5.41, 5.74) is -0.453. The van der Waals surface area contributed by atoms with Gasteiger partial charge in [0.15, 0.2) is 0 Å². The summed E-state index contributed by atoms with van der Waals surface area (Å²) in [4.78, 5) is 18.0. The summed E-state index contributed by atoms with van der Waals surface area (Å²) in [6.07, 6.45) is 3.06. The highest BCUT2D eigenvalue weighted by Crippen LogP contribution is 2.07. The molecular formula is C9H6N2O. The van der Waals surface area contributed by atoms with Crippen LogP contribution >= 0.6 is 0 Å². The number of fused-ring (bicyclic) bond motifs is 1. The van der Waals surface area contributed by atoms with Crippen molar-refractivity contribution >= 4 is 10.8 Å². The molecule has 2 aromatic rings. The van der Waals surface area contributed by atoms with Gasteiger partial charge in [0, 0.05) is 23.2 Å². The fourth-order valence-electron chi connectivity index (χ4n) is 1.03. The van der Waals surface area contributed by atoms with Crippen molar-refractivity contribution in [1.82, 2.24) is 9.97 Å². The van der Waals surface area contributed by atoms with Crippen LogP contribution in [0.2, 0.25) is 0 Å². The lowest BCUT2D eigenvalue weighted by Crippen LogP contribution is -2.03. The predicted molar refractivity (Wildman–Crippen MR) is 45.8 cm³/mol. The summed E-state index contributed by atoms with van der Waals surface area (Å²) in [5.74, 6) is 0.